The minimum atomic E-state index is -0.281. The lowest BCUT2D eigenvalue weighted by molar-refractivity contribution is -0.115. The van der Waals surface area contributed by atoms with Gasteiger partial charge in [-0.25, -0.2) is 4.98 Å². The predicted octanol–water partition coefficient (Wildman–Crippen LogP) is 3.87. The lowest BCUT2D eigenvalue weighted by Crippen LogP contribution is -2.15. The molecule has 0 unspecified atom stereocenters. The highest BCUT2D eigenvalue weighted by molar-refractivity contribution is 7.13. The first-order chi connectivity index (χ1) is 8.95. The van der Waals surface area contributed by atoms with Gasteiger partial charge in [0.1, 0.15) is 0 Å². The molecule has 0 aliphatic heterocycles. The second kappa shape index (κ2) is 5.96. The van der Waals surface area contributed by atoms with E-state index in [2.05, 4.69) is 10.3 Å². The average molecular weight is 337 g/mol. The summed E-state index contributed by atoms with van der Waals surface area (Å²) < 4.78 is 0. The van der Waals surface area contributed by atoms with Gasteiger partial charge in [0.05, 0.1) is 27.8 Å². The molecule has 0 aliphatic carbocycles. The molecule has 0 aliphatic rings. The number of nitrogen functional groups attached to an aromatic ring is 1. The lowest BCUT2D eigenvalue weighted by atomic mass is 10.2. The van der Waals surface area contributed by atoms with Gasteiger partial charge in [0, 0.05) is 10.4 Å². The molecule has 0 saturated heterocycles. The maximum absolute atomic E-state index is 11.8. The third-order valence-electron chi connectivity index (χ3n) is 2.18. The zero-order valence-electron chi connectivity index (χ0n) is 9.41. The highest BCUT2D eigenvalue weighted by Gasteiger charge is 2.12. The van der Waals surface area contributed by atoms with Crippen LogP contribution in [0.4, 0.5) is 10.8 Å². The van der Waals surface area contributed by atoms with E-state index < -0.39 is 0 Å². The molecule has 0 atom stereocenters. The summed E-state index contributed by atoms with van der Waals surface area (Å²) in [5, 5.41) is 5.73. The zero-order chi connectivity index (χ0) is 14.0. The predicted molar refractivity (Wildman–Crippen MR) is 80.3 cm³/mol. The number of aromatic nitrogens is 1. The average Bonchev–Trinajstić information content (AvgIpc) is 2.69. The summed E-state index contributed by atoms with van der Waals surface area (Å²) in [5.74, 6) is -0.281. The lowest BCUT2D eigenvalue weighted by Gasteiger charge is -2.09. The molecule has 0 spiro atoms. The van der Waals surface area contributed by atoms with Crippen LogP contribution in [-0.2, 0) is 11.2 Å². The van der Waals surface area contributed by atoms with Crippen molar-refractivity contribution >= 4 is 62.9 Å². The van der Waals surface area contributed by atoms with Crippen LogP contribution in [0.25, 0.3) is 0 Å². The number of halogens is 3. The number of anilines is 2. The molecule has 2 rings (SSSR count). The van der Waals surface area contributed by atoms with E-state index >= 15 is 0 Å². The Morgan fingerprint density at radius 3 is 2.47 bits per heavy atom. The van der Waals surface area contributed by atoms with Gasteiger partial charge in [0.15, 0.2) is 5.13 Å². The molecule has 1 aromatic heterocycles. The first kappa shape index (κ1) is 14.4. The highest BCUT2D eigenvalue weighted by atomic mass is 35.5. The maximum Gasteiger partial charge on any atom is 0.230 e. The summed E-state index contributed by atoms with van der Waals surface area (Å²) in [6, 6.07) is 3.01. The van der Waals surface area contributed by atoms with Crippen LogP contribution >= 0.6 is 46.1 Å². The number of hydrogen-bond acceptors (Lipinski definition) is 4. The molecular formula is C11H8Cl3N3OS. The molecule has 0 radical (unpaired) electrons. The quantitative estimate of drug-likeness (QED) is 0.894. The van der Waals surface area contributed by atoms with E-state index in [1.165, 1.54) is 23.5 Å². The number of benzene rings is 1. The summed E-state index contributed by atoms with van der Waals surface area (Å²) in [4.78, 5) is 15.8. The molecular weight excluding hydrogens is 329 g/mol. The first-order valence-electron chi connectivity index (χ1n) is 5.10. The molecule has 1 aromatic carbocycles. The fraction of sp³-hybridized carbons (Fsp3) is 0.0909. The third kappa shape index (κ3) is 3.73. The smallest absolute Gasteiger partial charge is 0.230 e. The van der Waals surface area contributed by atoms with Crippen molar-refractivity contribution in [2.45, 2.75) is 6.42 Å². The maximum atomic E-state index is 11.8. The number of nitrogens with one attached hydrogen (secondary N) is 1. The zero-order valence-corrected chi connectivity index (χ0v) is 12.5. The van der Waals surface area contributed by atoms with Crippen molar-refractivity contribution in [3.05, 3.63) is 38.3 Å². The Morgan fingerprint density at radius 1 is 1.32 bits per heavy atom. The van der Waals surface area contributed by atoms with Gasteiger partial charge in [0.25, 0.3) is 0 Å². The Kier molecular flexibility index (Phi) is 4.52. The van der Waals surface area contributed by atoms with Gasteiger partial charge >= 0.3 is 0 Å². The second-order valence-corrected chi connectivity index (χ2v) is 5.79. The number of rotatable bonds is 3. The molecule has 0 fully saturated rings. The van der Waals surface area contributed by atoms with Crippen LogP contribution in [-0.4, -0.2) is 10.9 Å². The molecule has 0 bridgehead atoms. The molecule has 2 aromatic rings. The molecule has 19 heavy (non-hydrogen) atoms. The molecule has 4 nitrogen and oxygen atoms in total. The van der Waals surface area contributed by atoms with Crippen molar-refractivity contribution in [3.63, 3.8) is 0 Å². The minimum Gasteiger partial charge on any atom is -0.375 e. The Morgan fingerprint density at radius 2 is 1.95 bits per heavy atom. The fourth-order valence-electron chi connectivity index (χ4n) is 1.41. The topological polar surface area (TPSA) is 68.0 Å². The van der Waals surface area contributed by atoms with Gasteiger partial charge in [-0.1, -0.05) is 34.8 Å². The number of amides is 1. The Labute approximate surface area is 128 Å². The monoisotopic (exact) mass is 335 g/mol. The highest BCUT2D eigenvalue weighted by Crippen LogP contribution is 2.33. The SMILES string of the molecule is Nc1nc(CC(=O)Nc2c(Cl)cc(Cl)cc2Cl)cs1. The van der Waals surface area contributed by atoms with Crippen LogP contribution in [0.2, 0.25) is 15.1 Å². The van der Waals surface area contributed by atoms with Crippen molar-refractivity contribution < 1.29 is 4.79 Å². The van der Waals surface area contributed by atoms with Crippen LogP contribution in [0.3, 0.4) is 0 Å². The molecule has 0 saturated carbocycles. The van der Waals surface area contributed by atoms with Crippen molar-refractivity contribution in [1.82, 2.24) is 4.98 Å². The van der Waals surface area contributed by atoms with E-state index in [0.29, 0.717) is 21.5 Å². The van der Waals surface area contributed by atoms with E-state index in [4.69, 9.17) is 40.5 Å². The van der Waals surface area contributed by atoms with Gasteiger partial charge in [-0.15, -0.1) is 11.3 Å². The van der Waals surface area contributed by atoms with Crippen molar-refractivity contribution in [3.8, 4) is 0 Å². The van der Waals surface area contributed by atoms with E-state index in [9.17, 15) is 4.79 Å². The van der Waals surface area contributed by atoms with Crippen molar-refractivity contribution in [2.24, 2.45) is 0 Å². The van der Waals surface area contributed by atoms with Crippen LogP contribution in [0.1, 0.15) is 5.69 Å². The third-order valence-corrected chi connectivity index (χ3v) is 3.72. The molecule has 3 N–H and O–H groups in total. The van der Waals surface area contributed by atoms with Crippen molar-refractivity contribution in [2.75, 3.05) is 11.1 Å². The van der Waals surface area contributed by atoms with E-state index in [1.54, 1.807) is 5.38 Å². The summed E-state index contributed by atoms with van der Waals surface area (Å²) >= 11 is 19.0. The summed E-state index contributed by atoms with van der Waals surface area (Å²) in [6.07, 6.45) is 0.100. The minimum absolute atomic E-state index is 0.100. The first-order valence-corrected chi connectivity index (χ1v) is 7.11. The van der Waals surface area contributed by atoms with Crippen molar-refractivity contribution in [1.29, 1.82) is 0 Å². The van der Waals surface area contributed by atoms with Crippen LogP contribution in [0, 0.1) is 0 Å². The van der Waals surface area contributed by atoms with E-state index in [-0.39, 0.29) is 22.4 Å². The van der Waals surface area contributed by atoms with Crippen LogP contribution < -0.4 is 11.1 Å². The second-order valence-electron chi connectivity index (χ2n) is 3.65. The number of nitrogens with zero attached hydrogens (tertiary/aromatic N) is 1. The number of carbonyl (C=O) groups is 1. The van der Waals surface area contributed by atoms with Gasteiger partial charge in [-0.05, 0) is 12.1 Å². The van der Waals surface area contributed by atoms with E-state index in [1.807, 2.05) is 0 Å². The Balaban J connectivity index is 2.11. The van der Waals surface area contributed by atoms with Gasteiger partial charge < -0.3 is 11.1 Å². The fourth-order valence-corrected chi connectivity index (χ4v) is 2.89. The Bertz CT molecular complexity index is 606. The number of hydrogen-bond donors (Lipinski definition) is 2. The van der Waals surface area contributed by atoms with Crippen LogP contribution in [0.15, 0.2) is 17.5 Å². The van der Waals surface area contributed by atoms with Crippen LogP contribution in [0.5, 0.6) is 0 Å². The summed E-state index contributed by atoms with van der Waals surface area (Å²) in [7, 11) is 0. The molecule has 100 valence electrons. The summed E-state index contributed by atoms with van der Waals surface area (Å²) in [6.45, 7) is 0. The normalized spacial score (nSPS) is 10.5. The van der Waals surface area contributed by atoms with Gasteiger partial charge in [0.2, 0.25) is 5.91 Å². The molecule has 8 heteroatoms. The van der Waals surface area contributed by atoms with E-state index in [0.717, 1.165) is 0 Å². The van der Waals surface area contributed by atoms with Gasteiger partial charge in [-0.3, -0.25) is 4.79 Å². The number of carbonyl (C=O) groups excluding carboxylic acids is 1. The Hall–Kier alpha value is -1.01. The summed E-state index contributed by atoms with van der Waals surface area (Å²) in [5.41, 5.74) is 6.42. The largest absolute Gasteiger partial charge is 0.375 e. The van der Waals surface area contributed by atoms with Gasteiger partial charge in [-0.2, -0.15) is 0 Å². The number of nitrogens with two attached hydrogens (primary N) is 1. The molecule has 1 amide bonds. The molecule has 1 heterocycles. The number of thiazole rings is 1. The standard InChI is InChI=1S/C11H8Cl3N3OS/c12-5-1-7(13)10(8(14)2-5)17-9(18)3-6-4-19-11(15)16-6/h1-2,4H,3H2,(H2,15,16)(H,17,18).